The third-order valence-electron chi connectivity index (χ3n) is 4.83. The maximum absolute atomic E-state index is 12.8. The third-order valence-corrected chi connectivity index (χ3v) is 5.58. The van der Waals surface area contributed by atoms with Gasteiger partial charge < -0.3 is 10.1 Å². The second-order valence-corrected chi connectivity index (χ2v) is 7.46. The molecule has 0 aliphatic carbocycles. The van der Waals surface area contributed by atoms with Crippen LogP contribution in [0.3, 0.4) is 0 Å². The van der Waals surface area contributed by atoms with Crippen molar-refractivity contribution in [1.82, 2.24) is 19.9 Å². The fourth-order valence-electron chi connectivity index (χ4n) is 3.32. The first kappa shape index (κ1) is 18.9. The molecule has 0 amide bonds. The first-order chi connectivity index (χ1) is 13.7. The fraction of sp³-hybridized carbons (Fsp3) is 0.350. The predicted octanol–water partition coefficient (Wildman–Crippen LogP) is 2.45. The van der Waals surface area contributed by atoms with Crippen LogP contribution in [0.25, 0.3) is 22.2 Å². The number of nitrogens with one attached hydrogen (secondary N) is 2. The second kappa shape index (κ2) is 8.72. The molecule has 1 aliphatic rings. The molecule has 4 rings (SSSR count). The number of nitrogens with zero attached hydrogens (tertiary/aromatic N) is 3. The molecule has 0 bridgehead atoms. The maximum Gasteiger partial charge on any atom is 0.262 e. The summed E-state index contributed by atoms with van der Waals surface area (Å²) in [7, 11) is 0. The summed E-state index contributed by atoms with van der Waals surface area (Å²) in [6.07, 6.45) is 3.74. The minimum Gasteiger partial charge on any atom is -0.379 e. The number of hydrogen-bond acceptors (Lipinski definition) is 7. The van der Waals surface area contributed by atoms with Crippen molar-refractivity contribution < 1.29 is 4.74 Å². The van der Waals surface area contributed by atoms with Crippen LogP contribution in [-0.4, -0.2) is 65.5 Å². The van der Waals surface area contributed by atoms with E-state index in [1.807, 2.05) is 24.5 Å². The number of aromatic nitrogens is 3. The average Bonchev–Trinajstić information content (AvgIpc) is 2.74. The zero-order valence-corrected chi connectivity index (χ0v) is 16.6. The van der Waals surface area contributed by atoms with Crippen LogP contribution in [0.5, 0.6) is 0 Å². The van der Waals surface area contributed by atoms with Gasteiger partial charge in [0.05, 0.1) is 18.6 Å². The number of pyridine rings is 1. The Morgan fingerprint density at radius 3 is 2.75 bits per heavy atom. The van der Waals surface area contributed by atoms with Gasteiger partial charge in [-0.25, -0.2) is 4.98 Å². The van der Waals surface area contributed by atoms with Gasteiger partial charge in [0.25, 0.3) is 5.56 Å². The van der Waals surface area contributed by atoms with Gasteiger partial charge in [-0.15, -0.1) is 11.8 Å². The number of thioether (sulfide) groups is 1. The molecule has 2 N–H and O–H groups in total. The van der Waals surface area contributed by atoms with E-state index in [4.69, 9.17) is 4.74 Å². The summed E-state index contributed by atoms with van der Waals surface area (Å²) < 4.78 is 5.36. The SMILES string of the molecule is CSc1ccc(-c2ccnc3nc(NCCN4CCOCC4)[nH]c(=O)c23)cc1. The van der Waals surface area contributed by atoms with Crippen molar-refractivity contribution in [3.8, 4) is 11.1 Å². The molecule has 1 saturated heterocycles. The Morgan fingerprint density at radius 2 is 2.00 bits per heavy atom. The molecule has 1 aliphatic heterocycles. The summed E-state index contributed by atoms with van der Waals surface area (Å²) in [5.41, 5.74) is 2.08. The van der Waals surface area contributed by atoms with Gasteiger partial charge in [-0.05, 0) is 35.6 Å². The standard InChI is InChI=1S/C20H23N5O2S/c1-28-15-4-2-14(3-5-15)16-6-7-21-18-17(16)19(26)24-20(23-18)22-8-9-25-10-12-27-13-11-25/h2-7H,8-13H2,1H3,(H2,21,22,23,24,26). The highest BCUT2D eigenvalue weighted by atomic mass is 32.2. The lowest BCUT2D eigenvalue weighted by Crippen LogP contribution is -2.39. The largest absolute Gasteiger partial charge is 0.379 e. The van der Waals surface area contributed by atoms with E-state index in [1.54, 1.807) is 18.0 Å². The molecule has 0 unspecified atom stereocenters. The highest BCUT2D eigenvalue weighted by Gasteiger charge is 2.13. The van der Waals surface area contributed by atoms with Crippen LogP contribution >= 0.6 is 11.8 Å². The molecule has 0 radical (unpaired) electrons. The van der Waals surface area contributed by atoms with Crippen LogP contribution in [0.4, 0.5) is 5.95 Å². The second-order valence-electron chi connectivity index (χ2n) is 6.58. The number of anilines is 1. The van der Waals surface area contributed by atoms with Gasteiger partial charge in [-0.3, -0.25) is 14.7 Å². The lowest BCUT2D eigenvalue weighted by molar-refractivity contribution is 0.0398. The summed E-state index contributed by atoms with van der Waals surface area (Å²) in [4.78, 5) is 28.0. The summed E-state index contributed by atoms with van der Waals surface area (Å²) in [5, 5.41) is 3.72. The molecule has 1 fully saturated rings. The third kappa shape index (κ3) is 4.19. The van der Waals surface area contributed by atoms with E-state index in [0.717, 1.165) is 44.0 Å². The molecule has 2 aromatic heterocycles. The lowest BCUT2D eigenvalue weighted by atomic mass is 10.0. The maximum atomic E-state index is 12.8. The van der Waals surface area contributed by atoms with E-state index < -0.39 is 0 Å². The molecule has 8 heteroatoms. The van der Waals surface area contributed by atoms with Gasteiger partial charge in [0.2, 0.25) is 5.95 Å². The van der Waals surface area contributed by atoms with Crippen molar-refractivity contribution in [2.45, 2.75) is 4.90 Å². The van der Waals surface area contributed by atoms with Crippen LogP contribution in [0.2, 0.25) is 0 Å². The van der Waals surface area contributed by atoms with E-state index >= 15 is 0 Å². The minimum atomic E-state index is -0.184. The predicted molar refractivity (Wildman–Crippen MR) is 113 cm³/mol. The Morgan fingerprint density at radius 1 is 1.21 bits per heavy atom. The number of benzene rings is 1. The normalized spacial score (nSPS) is 15.0. The van der Waals surface area contributed by atoms with E-state index in [-0.39, 0.29) is 5.56 Å². The first-order valence-electron chi connectivity index (χ1n) is 9.32. The number of rotatable bonds is 6. The molecular formula is C20H23N5O2S. The Kier molecular flexibility index (Phi) is 5.90. The van der Waals surface area contributed by atoms with Crippen molar-refractivity contribution in [3.05, 3.63) is 46.9 Å². The number of hydrogen-bond donors (Lipinski definition) is 2. The molecule has 3 aromatic rings. The molecule has 7 nitrogen and oxygen atoms in total. The number of fused-ring (bicyclic) bond motifs is 1. The van der Waals surface area contributed by atoms with Crippen LogP contribution in [0.15, 0.2) is 46.2 Å². The van der Waals surface area contributed by atoms with Gasteiger partial charge in [0.1, 0.15) is 0 Å². The van der Waals surface area contributed by atoms with Crippen LogP contribution < -0.4 is 10.9 Å². The van der Waals surface area contributed by atoms with Crippen molar-refractivity contribution in [2.75, 3.05) is 51.0 Å². The van der Waals surface area contributed by atoms with E-state index in [1.165, 1.54) is 4.90 Å². The van der Waals surface area contributed by atoms with Crippen molar-refractivity contribution >= 4 is 28.7 Å². The Balaban J connectivity index is 1.56. The van der Waals surface area contributed by atoms with Crippen LogP contribution in [-0.2, 0) is 4.74 Å². The topological polar surface area (TPSA) is 83.1 Å². The zero-order valence-electron chi connectivity index (χ0n) is 15.8. The van der Waals surface area contributed by atoms with Gasteiger partial charge in [0, 0.05) is 37.3 Å². The molecule has 146 valence electrons. The van der Waals surface area contributed by atoms with Crippen LogP contribution in [0.1, 0.15) is 0 Å². The van der Waals surface area contributed by atoms with Gasteiger partial charge in [-0.2, -0.15) is 4.98 Å². The Hall–Kier alpha value is -2.42. The summed E-state index contributed by atoms with van der Waals surface area (Å²) in [6.45, 7) is 4.99. The van der Waals surface area contributed by atoms with E-state index in [9.17, 15) is 4.79 Å². The first-order valence-corrected chi connectivity index (χ1v) is 10.5. The van der Waals surface area contributed by atoms with Crippen LogP contribution in [0, 0.1) is 0 Å². The number of ether oxygens (including phenoxy) is 1. The van der Waals surface area contributed by atoms with Gasteiger partial charge in [0.15, 0.2) is 5.65 Å². The molecule has 1 aromatic carbocycles. The molecule has 28 heavy (non-hydrogen) atoms. The van der Waals surface area contributed by atoms with Gasteiger partial charge in [-0.1, -0.05) is 12.1 Å². The van der Waals surface area contributed by atoms with E-state index in [0.29, 0.717) is 23.5 Å². The average molecular weight is 398 g/mol. The highest BCUT2D eigenvalue weighted by Crippen LogP contribution is 2.26. The van der Waals surface area contributed by atoms with Gasteiger partial charge >= 0.3 is 0 Å². The van der Waals surface area contributed by atoms with Crippen molar-refractivity contribution in [1.29, 1.82) is 0 Å². The summed E-state index contributed by atoms with van der Waals surface area (Å²) >= 11 is 1.69. The van der Waals surface area contributed by atoms with Crippen molar-refractivity contribution in [3.63, 3.8) is 0 Å². The highest BCUT2D eigenvalue weighted by molar-refractivity contribution is 7.98. The van der Waals surface area contributed by atoms with Crippen molar-refractivity contribution in [2.24, 2.45) is 0 Å². The molecule has 3 heterocycles. The summed E-state index contributed by atoms with van der Waals surface area (Å²) in [6, 6.07) is 10.0. The molecule has 0 spiro atoms. The molecule has 0 atom stereocenters. The fourth-order valence-corrected chi connectivity index (χ4v) is 3.72. The number of aromatic amines is 1. The molecular weight excluding hydrogens is 374 g/mol. The quantitative estimate of drug-likeness (QED) is 0.618. The number of H-pyrrole nitrogens is 1. The monoisotopic (exact) mass is 397 g/mol. The number of morpholine rings is 1. The Bertz CT molecular complexity index is 1000. The molecule has 0 saturated carbocycles. The lowest BCUT2D eigenvalue weighted by Gasteiger charge is -2.26. The summed E-state index contributed by atoms with van der Waals surface area (Å²) in [5.74, 6) is 0.452. The van der Waals surface area contributed by atoms with E-state index in [2.05, 4.69) is 37.3 Å². The Labute approximate surface area is 167 Å². The minimum absolute atomic E-state index is 0.184. The zero-order chi connectivity index (χ0) is 19.3. The smallest absolute Gasteiger partial charge is 0.262 e.